The molecule has 0 heterocycles. The molecule has 1 aromatic rings. The van der Waals surface area contributed by atoms with E-state index < -0.39 is 0 Å². The minimum atomic E-state index is 0.798. The summed E-state index contributed by atoms with van der Waals surface area (Å²) in [7, 11) is 0. The van der Waals surface area contributed by atoms with Gasteiger partial charge in [0.2, 0.25) is 0 Å². The average molecular weight is 280 g/mol. The number of hydrogen-bond donors (Lipinski definition) is 2. The molecule has 1 aromatic carbocycles. The van der Waals surface area contributed by atoms with Crippen molar-refractivity contribution in [2.75, 3.05) is 19.6 Å². The molecule has 2 N–H and O–H groups in total. The molecule has 19 heavy (non-hydrogen) atoms. The van der Waals surface area contributed by atoms with Gasteiger partial charge in [0, 0.05) is 24.7 Å². The topological polar surface area (TPSA) is 36.4 Å². The molecule has 0 radical (unpaired) electrons. The highest BCUT2D eigenvalue weighted by Gasteiger charge is 2.20. The second-order valence-electron chi connectivity index (χ2n) is 4.97. The van der Waals surface area contributed by atoms with Gasteiger partial charge in [0.25, 0.3) is 0 Å². The van der Waals surface area contributed by atoms with Crippen LogP contribution in [0.2, 0.25) is 5.02 Å². The van der Waals surface area contributed by atoms with Gasteiger partial charge in [-0.2, -0.15) is 0 Å². The van der Waals surface area contributed by atoms with E-state index in [1.165, 1.54) is 18.4 Å². The van der Waals surface area contributed by atoms with Crippen molar-refractivity contribution in [3.8, 4) is 0 Å². The molecule has 1 saturated carbocycles. The molecule has 4 heteroatoms. The van der Waals surface area contributed by atoms with Gasteiger partial charge in [-0.05, 0) is 49.8 Å². The van der Waals surface area contributed by atoms with E-state index >= 15 is 0 Å². The third kappa shape index (κ3) is 5.52. The minimum absolute atomic E-state index is 0.798. The lowest BCUT2D eigenvalue weighted by molar-refractivity contribution is 0.777. The van der Waals surface area contributed by atoms with E-state index in [4.69, 9.17) is 11.6 Å². The molecular weight excluding hydrogens is 258 g/mol. The predicted molar refractivity (Wildman–Crippen MR) is 81.9 cm³/mol. The van der Waals surface area contributed by atoms with Crippen molar-refractivity contribution >= 4 is 17.6 Å². The van der Waals surface area contributed by atoms with Gasteiger partial charge in [-0.25, -0.2) is 0 Å². The van der Waals surface area contributed by atoms with Crippen LogP contribution in [0.1, 0.15) is 25.3 Å². The fraction of sp³-hybridized carbons (Fsp3) is 0.533. The van der Waals surface area contributed by atoms with Crippen molar-refractivity contribution in [3.63, 3.8) is 0 Å². The minimum Gasteiger partial charge on any atom is -0.357 e. The molecule has 104 valence electrons. The molecular formula is C15H22ClN3. The average Bonchev–Trinajstić information content (AvgIpc) is 3.20. The van der Waals surface area contributed by atoms with Gasteiger partial charge in [0.05, 0.1) is 0 Å². The fourth-order valence-electron chi connectivity index (χ4n) is 1.88. The van der Waals surface area contributed by atoms with Crippen molar-refractivity contribution in [2.45, 2.75) is 26.2 Å². The molecule has 0 spiro atoms. The van der Waals surface area contributed by atoms with E-state index in [2.05, 4.69) is 28.6 Å². The number of rotatable bonds is 6. The molecule has 1 aliphatic rings. The zero-order chi connectivity index (χ0) is 13.5. The number of nitrogens with one attached hydrogen (secondary N) is 2. The van der Waals surface area contributed by atoms with Crippen LogP contribution in [0.5, 0.6) is 0 Å². The molecule has 1 aliphatic carbocycles. The van der Waals surface area contributed by atoms with Crippen LogP contribution in [0.25, 0.3) is 0 Å². The van der Waals surface area contributed by atoms with Crippen molar-refractivity contribution in [1.82, 2.24) is 10.6 Å². The van der Waals surface area contributed by atoms with E-state index in [-0.39, 0.29) is 0 Å². The maximum atomic E-state index is 5.97. The largest absolute Gasteiger partial charge is 0.357 e. The summed E-state index contributed by atoms with van der Waals surface area (Å²) in [6.07, 6.45) is 3.63. The lowest BCUT2D eigenvalue weighted by Crippen LogP contribution is -2.38. The van der Waals surface area contributed by atoms with Crippen LogP contribution < -0.4 is 10.6 Å². The molecule has 3 nitrogen and oxygen atoms in total. The van der Waals surface area contributed by atoms with E-state index in [1.807, 2.05) is 18.2 Å². The van der Waals surface area contributed by atoms with Crippen LogP contribution in [0.4, 0.5) is 0 Å². The van der Waals surface area contributed by atoms with E-state index in [1.54, 1.807) is 0 Å². The standard InChI is InChI=1S/C15H22ClN3/c1-2-17-15(19-11-13-6-7-13)18-9-8-12-4-3-5-14(16)10-12/h3-5,10,13H,2,6-9,11H2,1H3,(H2,17,18,19). The number of aliphatic imine (C=N–C) groups is 1. The van der Waals surface area contributed by atoms with E-state index in [9.17, 15) is 0 Å². The second-order valence-corrected chi connectivity index (χ2v) is 5.41. The Hall–Kier alpha value is -1.22. The quantitative estimate of drug-likeness (QED) is 0.621. The van der Waals surface area contributed by atoms with Gasteiger partial charge in [0.15, 0.2) is 5.96 Å². The number of guanidine groups is 1. The molecule has 2 rings (SSSR count). The normalized spacial score (nSPS) is 15.4. The lowest BCUT2D eigenvalue weighted by Gasteiger charge is -2.11. The van der Waals surface area contributed by atoms with Crippen LogP contribution in [0.3, 0.4) is 0 Å². The predicted octanol–water partition coefficient (Wildman–Crippen LogP) is 2.85. The van der Waals surface area contributed by atoms with Crippen LogP contribution in [-0.2, 0) is 6.42 Å². The Balaban J connectivity index is 1.76. The number of benzene rings is 1. The first kappa shape index (κ1) is 14.2. The monoisotopic (exact) mass is 279 g/mol. The van der Waals surface area contributed by atoms with Gasteiger partial charge in [-0.3, -0.25) is 4.99 Å². The van der Waals surface area contributed by atoms with Crippen molar-refractivity contribution in [2.24, 2.45) is 10.9 Å². The molecule has 0 bridgehead atoms. The summed E-state index contributed by atoms with van der Waals surface area (Å²) >= 11 is 5.97. The van der Waals surface area contributed by atoms with Crippen LogP contribution >= 0.6 is 11.6 Å². The summed E-state index contributed by atoms with van der Waals surface area (Å²) in [5, 5.41) is 7.44. The molecule has 1 fully saturated rings. The Morgan fingerprint density at radius 2 is 2.21 bits per heavy atom. The van der Waals surface area contributed by atoms with Crippen molar-refractivity contribution in [3.05, 3.63) is 34.9 Å². The summed E-state index contributed by atoms with van der Waals surface area (Å²) in [4.78, 5) is 4.59. The Morgan fingerprint density at radius 3 is 2.89 bits per heavy atom. The van der Waals surface area contributed by atoms with Gasteiger partial charge in [0.1, 0.15) is 0 Å². The number of halogens is 1. The number of hydrogen-bond acceptors (Lipinski definition) is 1. The van der Waals surface area contributed by atoms with Crippen molar-refractivity contribution in [1.29, 1.82) is 0 Å². The van der Waals surface area contributed by atoms with Gasteiger partial charge in [-0.1, -0.05) is 23.7 Å². The first-order valence-electron chi connectivity index (χ1n) is 7.04. The Bertz CT molecular complexity index is 427. The van der Waals surface area contributed by atoms with Gasteiger partial charge in [-0.15, -0.1) is 0 Å². The molecule has 0 amide bonds. The summed E-state index contributed by atoms with van der Waals surface area (Å²) in [5.41, 5.74) is 1.25. The zero-order valence-electron chi connectivity index (χ0n) is 11.5. The van der Waals surface area contributed by atoms with Gasteiger partial charge >= 0.3 is 0 Å². The molecule has 0 unspecified atom stereocenters. The first-order chi connectivity index (χ1) is 9.28. The van der Waals surface area contributed by atoms with E-state index in [0.29, 0.717) is 0 Å². The Kier molecular flexibility index (Phi) is 5.52. The maximum absolute atomic E-state index is 5.97. The summed E-state index contributed by atoms with van der Waals surface area (Å²) in [6, 6.07) is 8.00. The first-order valence-corrected chi connectivity index (χ1v) is 7.42. The summed E-state index contributed by atoms with van der Waals surface area (Å²) in [6.45, 7) is 4.81. The summed E-state index contributed by atoms with van der Waals surface area (Å²) in [5.74, 6) is 1.75. The summed E-state index contributed by atoms with van der Waals surface area (Å²) < 4.78 is 0. The smallest absolute Gasteiger partial charge is 0.191 e. The highest BCUT2D eigenvalue weighted by atomic mass is 35.5. The van der Waals surface area contributed by atoms with Gasteiger partial charge < -0.3 is 10.6 Å². The third-order valence-electron chi connectivity index (χ3n) is 3.14. The van der Waals surface area contributed by atoms with Crippen LogP contribution in [-0.4, -0.2) is 25.6 Å². The zero-order valence-corrected chi connectivity index (χ0v) is 12.2. The lowest BCUT2D eigenvalue weighted by atomic mass is 10.1. The highest BCUT2D eigenvalue weighted by Crippen LogP contribution is 2.28. The third-order valence-corrected chi connectivity index (χ3v) is 3.38. The Morgan fingerprint density at radius 1 is 1.37 bits per heavy atom. The molecule has 0 aliphatic heterocycles. The fourth-order valence-corrected chi connectivity index (χ4v) is 2.09. The number of nitrogens with zero attached hydrogens (tertiary/aromatic N) is 1. The SMILES string of the molecule is CCNC(=NCC1CC1)NCCc1cccc(Cl)c1. The van der Waals surface area contributed by atoms with Crippen LogP contribution in [0.15, 0.2) is 29.3 Å². The van der Waals surface area contributed by atoms with Crippen LogP contribution in [0, 0.1) is 5.92 Å². The van der Waals surface area contributed by atoms with E-state index in [0.717, 1.165) is 43.0 Å². The molecule has 0 saturated heterocycles. The maximum Gasteiger partial charge on any atom is 0.191 e. The molecule has 0 atom stereocenters. The highest BCUT2D eigenvalue weighted by molar-refractivity contribution is 6.30. The second kappa shape index (κ2) is 7.39. The Labute approximate surface area is 120 Å². The molecule has 0 aromatic heterocycles. The van der Waals surface area contributed by atoms with Crippen molar-refractivity contribution < 1.29 is 0 Å².